The Hall–Kier alpha value is 0.420. The van der Waals surface area contributed by atoms with Gasteiger partial charge < -0.3 is 4.42 Å². The third-order valence-electron chi connectivity index (χ3n) is 1.24. The molecule has 0 aromatic carbocycles. The van der Waals surface area contributed by atoms with Gasteiger partial charge in [0.15, 0.2) is 0 Å². The SMILES string of the molecule is CC(C)(C)c1oc(Br)nc1I. The van der Waals surface area contributed by atoms with Crippen molar-refractivity contribution in [1.29, 1.82) is 0 Å². The largest absolute Gasteiger partial charge is 0.435 e. The minimum Gasteiger partial charge on any atom is -0.435 e. The van der Waals surface area contributed by atoms with E-state index in [2.05, 4.69) is 64.3 Å². The van der Waals surface area contributed by atoms with Crippen LogP contribution in [0, 0.1) is 3.70 Å². The molecule has 0 aliphatic rings. The van der Waals surface area contributed by atoms with Crippen LogP contribution in [-0.2, 0) is 5.41 Å². The van der Waals surface area contributed by atoms with Crippen LogP contribution < -0.4 is 0 Å². The second kappa shape index (κ2) is 3.05. The maximum Gasteiger partial charge on any atom is 0.265 e. The molecule has 0 aliphatic carbocycles. The fraction of sp³-hybridized carbons (Fsp3) is 0.571. The van der Waals surface area contributed by atoms with Crippen molar-refractivity contribution in [3.63, 3.8) is 0 Å². The first kappa shape index (κ1) is 9.51. The fourth-order valence-corrected chi connectivity index (χ4v) is 2.55. The summed E-state index contributed by atoms with van der Waals surface area (Å²) in [5, 5.41) is 0. The molecule has 62 valence electrons. The molecular formula is C7H9BrINO. The van der Waals surface area contributed by atoms with Crippen LogP contribution in [0.1, 0.15) is 26.5 Å². The summed E-state index contributed by atoms with van der Waals surface area (Å²) in [4.78, 5) is 4.68. The van der Waals surface area contributed by atoms with E-state index < -0.39 is 0 Å². The van der Waals surface area contributed by atoms with E-state index >= 15 is 0 Å². The van der Waals surface area contributed by atoms with E-state index in [0.29, 0.717) is 4.80 Å². The summed E-state index contributed by atoms with van der Waals surface area (Å²) in [6.45, 7) is 6.30. The number of halogens is 2. The maximum atomic E-state index is 5.38. The summed E-state index contributed by atoms with van der Waals surface area (Å²) in [7, 11) is 0. The van der Waals surface area contributed by atoms with E-state index in [9.17, 15) is 0 Å². The molecule has 4 heteroatoms. The van der Waals surface area contributed by atoms with Gasteiger partial charge in [-0.25, -0.2) is 0 Å². The smallest absolute Gasteiger partial charge is 0.265 e. The molecule has 1 aromatic rings. The Morgan fingerprint density at radius 1 is 1.45 bits per heavy atom. The number of oxazole rings is 1. The molecular weight excluding hydrogens is 321 g/mol. The van der Waals surface area contributed by atoms with Crippen molar-refractivity contribution in [2.24, 2.45) is 0 Å². The summed E-state index contributed by atoms with van der Waals surface area (Å²) in [6, 6.07) is 0. The predicted octanol–water partition coefficient (Wildman–Crippen LogP) is 3.34. The number of hydrogen-bond donors (Lipinski definition) is 0. The first-order valence-electron chi connectivity index (χ1n) is 3.23. The highest BCUT2D eigenvalue weighted by molar-refractivity contribution is 14.1. The van der Waals surface area contributed by atoms with Crippen molar-refractivity contribution in [2.75, 3.05) is 0 Å². The number of rotatable bonds is 0. The molecule has 0 radical (unpaired) electrons. The van der Waals surface area contributed by atoms with Crippen LogP contribution in [0.25, 0.3) is 0 Å². The first-order chi connectivity index (χ1) is 4.91. The van der Waals surface area contributed by atoms with Gasteiger partial charge in [-0.2, -0.15) is 4.98 Å². The lowest BCUT2D eigenvalue weighted by molar-refractivity contribution is 0.392. The molecule has 0 spiro atoms. The molecule has 1 rings (SSSR count). The van der Waals surface area contributed by atoms with Gasteiger partial charge in [0.2, 0.25) is 0 Å². The van der Waals surface area contributed by atoms with E-state index in [1.807, 2.05) is 0 Å². The van der Waals surface area contributed by atoms with Gasteiger partial charge in [0.25, 0.3) is 4.80 Å². The van der Waals surface area contributed by atoms with Crippen LogP contribution in [0.2, 0.25) is 0 Å². The molecule has 0 saturated heterocycles. The lowest BCUT2D eigenvalue weighted by Gasteiger charge is -2.13. The molecule has 0 amide bonds. The Bertz CT molecular complexity index is 264. The van der Waals surface area contributed by atoms with Crippen molar-refractivity contribution >= 4 is 38.5 Å². The molecule has 1 aromatic heterocycles. The minimum atomic E-state index is 0.0372. The van der Waals surface area contributed by atoms with Crippen molar-refractivity contribution in [1.82, 2.24) is 4.98 Å². The normalized spacial score (nSPS) is 12.1. The predicted molar refractivity (Wildman–Crippen MR) is 55.6 cm³/mol. The average Bonchev–Trinajstić information content (AvgIpc) is 2.08. The molecule has 0 atom stereocenters. The van der Waals surface area contributed by atoms with Gasteiger partial charge in [-0.1, -0.05) is 20.8 Å². The van der Waals surface area contributed by atoms with Gasteiger partial charge >= 0.3 is 0 Å². The molecule has 11 heavy (non-hydrogen) atoms. The van der Waals surface area contributed by atoms with E-state index in [1.165, 1.54) is 0 Å². The van der Waals surface area contributed by atoms with Crippen LogP contribution >= 0.6 is 38.5 Å². The Labute approximate surface area is 88.0 Å². The van der Waals surface area contributed by atoms with Crippen LogP contribution in [0.4, 0.5) is 0 Å². The zero-order chi connectivity index (χ0) is 8.65. The molecule has 0 N–H and O–H groups in total. The van der Waals surface area contributed by atoms with Crippen molar-refractivity contribution in [3.8, 4) is 0 Å². The summed E-state index contributed by atoms with van der Waals surface area (Å²) in [5.74, 6) is 0.935. The maximum absolute atomic E-state index is 5.38. The number of hydrogen-bond acceptors (Lipinski definition) is 2. The molecule has 0 aliphatic heterocycles. The Morgan fingerprint density at radius 2 is 2.00 bits per heavy atom. The molecule has 0 unspecified atom stereocenters. The first-order valence-corrected chi connectivity index (χ1v) is 5.11. The quantitative estimate of drug-likeness (QED) is 0.682. The van der Waals surface area contributed by atoms with Crippen molar-refractivity contribution < 1.29 is 4.42 Å². The van der Waals surface area contributed by atoms with Gasteiger partial charge in [-0.3, -0.25) is 0 Å². The zero-order valence-electron chi connectivity index (χ0n) is 6.61. The third-order valence-corrected chi connectivity index (χ3v) is 2.31. The van der Waals surface area contributed by atoms with Crippen LogP contribution in [0.15, 0.2) is 9.22 Å². The van der Waals surface area contributed by atoms with Gasteiger partial charge in [0.05, 0.1) is 0 Å². The van der Waals surface area contributed by atoms with E-state index in [-0.39, 0.29) is 5.41 Å². The molecule has 0 fully saturated rings. The van der Waals surface area contributed by atoms with Gasteiger partial charge in [0, 0.05) is 21.3 Å². The highest BCUT2D eigenvalue weighted by Gasteiger charge is 2.23. The second-order valence-electron chi connectivity index (χ2n) is 3.34. The molecule has 0 saturated carbocycles. The van der Waals surface area contributed by atoms with Crippen LogP contribution in [0.5, 0.6) is 0 Å². The Morgan fingerprint density at radius 3 is 2.18 bits per heavy atom. The Kier molecular flexibility index (Phi) is 2.63. The molecule has 1 heterocycles. The summed E-state index contributed by atoms with van der Waals surface area (Å²) >= 11 is 5.36. The summed E-state index contributed by atoms with van der Waals surface area (Å²) in [5.41, 5.74) is 0.0372. The van der Waals surface area contributed by atoms with Crippen molar-refractivity contribution in [3.05, 3.63) is 14.3 Å². The summed E-state index contributed by atoms with van der Waals surface area (Å²) < 4.78 is 6.31. The van der Waals surface area contributed by atoms with Gasteiger partial charge in [-0.15, -0.1) is 0 Å². The lowest BCUT2D eigenvalue weighted by Crippen LogP contribution is -2.11. The van der Waals surface area contributed by atoms with E-state index in [4.69, 9.17) is 4.42 Å². The number of nitrogens with zero attached hydrogens (tertiary/aromatic N) is 1. The lowest BCUT2D eigenvalue weighted by atomic mass is 9.94. The van der Waals surface area contributed by atoms with E-state index in [0.717, 1.165) is 9.46 Å². The minimum absolute atomic E-state index is 0.0372. The highest BCUT2D eigenvalue weighted by Crippen LogP contribution is 2.29. The fourth-order valence-electron chi connectivity index (χ4n) is 0.740. The van der Waals surface area contributed by atoms with E-state index in [1.54, 1.807) is 0 Å². The third kappa shape index (κ3) is 2.18. The summed E-state index contributed by atoms with van der Waals surface area (Å²) in [6.07, 6.45) is 0. The number of aromatic nitrogens is 1. The Balaban J connectivity index is 3.13. The highest BCUT2D eigenvalue weighted by atomic mass is 127. The zero-order valence-corrected chi connectivity index (χ0v) is 10.4. The second-order valence-corrected chi connectivity index (χ2v) is 5.04. The monoisotopic (exact) mass is 329 g/mol. The van der Waals surface area contributed by atoms with Gasteiger partial charge in [-0.05, 0) is 22.6 Å². The van der Waals surface area contributed by atoms with Crippen molar-refractivity contribution in [2.45, 2.75) is 26.2 Å². The molecule has 0 bridgehead atoms. The van der Waals surface area contributed by atoms with Gasteiger partial charge in [0.1, 0.15) is 9.46 Å². The van der Waals surface area contributed by atoms with Crippen LogP contribution in [0.3, 0.4) is 0 Å². The van der Waals surface area contributed by atoms with Crippen LogP contribution in [-0.4, -0.2) is 4.98 Å². The molecule has 2 nitrogen and oxygen atoms in total. The standard InChI is InChI=1S/C7H9BrINO/c1-7(2,3)4-5(9)10-6(8)11-4/h1-3H3. The average molecular weight is 330 g/mol. The topological polar surface area (TPSA) is 26.0 Å².